The maximum absolute atomic E-state index is 11.0. The molecule has 1 fully saturated rings. The average molecular weight is 402 g/mol. The predicted octanol–water partition coefficient (Wildman–Crippen LogP) is 2.66. The summed E-state index contributed by atoms with van der Waals surface area (Å²) in [7, 11) is 1.50. The van der Waals surface area contributed by atoms with E-state index in [1.54, 1.807) is 0 Å². The third-order valence-electron chi connectivity index (χ3n) is 5.29. The molecule has 2 N–H and O–H groups in total. The highest BCUT2D eigenvalue weighted by Crippen LogP contribution is 2.39. The van der Waals surface area contributed by atoms with Crippen LogP contribution in [0.5, 0.6) is 0 Å². The molecule has 29 heavy (non-hydrogen) atoms. The molecule has 6 heteroatoms. The zero-order chi connectivity index (χ0) is 20.5. The Labute approximate surface area is 172 Å². The third kappa shape index (κ3) is 5.42. The van der Waals surface area contributed by atoms with Crippen LogP contribution < -0.4 is 0 Å². The molecule has 0 radical (unpaired) electrons. The molecule has 3 rings (SSSR count). The van der Waals surface area contributed by atoms with Crippen LogP contribution in [-0.4, -0.2) is 54.6 Å². The first-order chi connectivity index (χ1) is 14.2. The molecule has 0 bridgehead atoms. The van der Waals surface area contributed by atoms with Crippen molar-refractivity contribution in [3.05, 3.63) is 71.8 Å². The van der Waals surface area contributed by atoms with E-state index in [2.05, 4.69) is 0 Å². The van der Waals surface area contributed by atoms with Gasteiger partial charge in [-0.25, -0.2) is 0 Å². The van der Waals surface area contributed by atoms with Gasteiger partial charge in [0.15, 0.2) is 6.29 Å². The van der Waals surface area contributed by atoms with Gasteiger partial charge in [-0.3, -0.25) is 0 Å². The van der Waals surface area contributed by atoms with E-state index in [4.69, 9.17) is 18.9 Å². The first-order valence-corrected chi connectivity index (χ1v) is 9.96. The second-order valence-corrected chi connectivity index (χ2v) is 7.23. The summed E-state index contributed by atoms with van der Waals surface area (Å²) in [4.78, 5) is 0. The molecule has 1 saturated heterocycles. The quantitative estimate of drug-likeness (QED) is 0.602. The molecule has 0 spiro atoms. The van der Waals surface area contributed by atoms with Crippen molar-refractivity contribution in [3.8, 4) is 0 Å². The highest BCUT2D eigenvalue weighted by molar-refractivity contribution is 5.15. The normalized spacial score (nSPS) is 26.7. The lowest BCUT2D eigenvalue weighted by Crippen LogP contribution is -2.52. The van der Waals surface area contributed by atoms with Crippen molar-refractivity contribution >= 4 is 0 Å². The molecule has 0 unspecified atom stereocenters. The molecule has 0 amide bonds. The van der Waals surface area contributed by atoms with Gasteiger partial charge >= 0.3 is 0 Å². The lowest BCUT2D eigenvalue weighted by Gasteiger charge is -2.36. The van der Waals surface area contributed by atoms with Crippen LogP contribution in [-0.2, 0) is 32.2 Å². The molecule has 2 aromatic rings. The number of hydrogen-bond donors (Lipinski definition) is 2. The average Bonchev–Trinajstić information content (AvgIpc) is 3.03. The Morgan fingerprint density at radius 3 is 2.17 bits per heavy atom. The van der Waals surface area contributed by atoms with Gasteiger partial charge in [-0.15, -0.1) is 0 Å². The minimum atomic E-state index is -1.03. The minimum Gasteiger partial charge on any atom is -0.396 e. The van der Waals surface area contributed by atoms with Crippen LogP contribution in [0, 0.1) is 0 Å². The first kappa shape index (κ1) is 21.9. The van der Waals surface area contributed by atoms with Crippen LogP contribution >= 0.6 is 0 Å². The fourth-order valence-electron chi connectivity index (χ4n) is 3.70. The molecular formula is C23H30O6. The summed E-state index contributed by atoms with van der Waals surface area (Å²) in [6.45, 7) is 0.992. The van der Waals surface area contributed by atoms with Crippen molar-refractivity contribution in [1.29, 1.82) is 0 Å². The molecule has 158 valence electrons. The standard InChI is InChI=1S/C23H30O6/c1-26-22-21(25)23(13-8-14-24,28-16-19-11-6-3-7-12-19)20(29-22)17-27-15-18-9-4-2-5-10-18/h2-7,9-12,20-22,24-25H,8,13-17H2,1H3/t20-,21+,22-,23-/m1/s1. The van der Waals surface area contributed by atoms with E-state index in [0.29, 0.717) is 26.1 Å². The third-order valence-corrected chi connectivity index (χ3v) is 5.29. The Kier molecular flexibility index (Phi) is 8.18. The fourth-order valence-corrected chi connectivity index (χ4v) is 3.70. The maximum atomic E-state index is 11.0. The molecular weight excluding hydrogens is 372 g/mol. The molecule has 1 aliphatic rings. The molecule has 4 atom stereocenters. The lowest BCUT2D eigenvalue weighted by atomic mass is 9.87. The zero-order valence-corrected chi connectivity index (χ0v) is 16.8. The molecule has 2 aromatic carbocycles. The van der Waals surface area contributed by atoms with Gasteiger partial charge in [0.2, 0.25) is 0 Å². The van der Waals surface area contributed by atoms with E-state index < -0.39 is 24.1 Å². The Bertz CT molecular complexity index is 710. The summed E-state index contributed by atoms with van der Waals surface area (Å²) >= 11 is 0. The summed E-state index contributed by atoms with van der Waals surface area (Å²) in [5.74, 6) is 0. The number of rotatable bonds is 11. The smallest absolute Gasteiger partial charge is 0.186 e. The van der Waals surface area contributed by atoms with Crippen LogP contribution in [0.2, 0.25) is 0 Å². The van der Waals surface area contributed by atoms with Crippen molar-refractivity contribution < 1.29 is 29.2 Å². The van der Waals surface area contributed by atoms with Crippen LogP contribution in [0.3, 0.4) is 0 Å². The fraction of sp³-hybridized carbons (Fsp3) is 0.478. The Morgan fingerprint density at radius 1 is 0.966 bits per heavy atom. The molecule has 1 heterocycles. The van der Waals surface area contributed by atoms with Crippen molar-refractivity contribution in [1.82, 2.24) is 0 Å². The highest BCUT2D eigenvalue weighted by atomic mass is 16.7. The van der Waals surface area contributed by atoms with Gasteiger partial charge in [-0.1, -0.05) is 60.7 Å². The van der Waals surface area contributed by atoms with E-state index in [-0.39, 0.29) is 13.2 Å². The van der Waals surface area contributed by atoms with Crippen LogP contribution in [0.1, 0.15) is 24.0 Å². The maximum Gasteiger partial charge on any atom is 0.186 e. The number of aliphatic hydroxyl groups is 2. The van der Waals surface area contributed by atoms with E-state index >= 15 is 0 Å². The Morgan fingerprint density at radius 2 is 1.59 bits per heavy atom. The van der Waals surface area contributed by atoms with Gasteiger partial charge in [0.05, 0.1) is 19.8 Å². The van der Waals surface area contributed by atoms with E-state index in [9.17, 15) is 10.2 Å². The number of benzene rings is 2. The molecule has 0 saturated carbocycles. The zero-order valence-electron chi connectivity index (χ0n) is 16.8. The van der Waals surface area contributed by atoms with Crippen LogP contribution in [0.15, 0.2) is 60.7 Å². The van der Waals surface area contributed by atoms with Crippen molar-refractivity contribution in [2.45, 2.75) is 50.2 Å². The van der Waals surface area contributed by atoms with E-state index in [0.717, 1.165) is 11.1 Å². The lowest BCUT2D eigenvalue weighted by molar-refractivity contribution is -0.157. The SMILES string of the molecule is CO[C@@H]1O[C@H](COCc2ccccc2)[C@@](CCCO)(OCc2ccccc2)[C@H]1O. The second-order valence-electron chi connectivity index (χ2n) is 7.23. The van der Waals surface area contributed by atoms with Gasteiger partial charge in [0.1, 0.15) is 17.8 Å². The van der Waals surface area contributed by atoms with E-state index in [1.807, 2.05) is 60.7 Å². The summed E-state index contributed by atoms with van der Waals surface area (Å²) < 4.78 is 23.5. The van der Waals surface area contributed by atoms with Crippen molar-refractivity contribution in [3.63, 3.8) is 0 Å². The number of aliphatic hydroxyl groups excluding tert-OH is 2. The van der Waals surface area contributed by atoms with Gasteiger partial charge in [-0.05, 0) is 24.0 Å². The van der Waals surface area contributed by atoms with Crippen LogP contribution in [0.4, 0.5) is 0 Å². The number of ether oxygens (including phenoxy) is 4. The second kappa shape index (κ2) is 10.8. The van der Waals surface area contributed by atoms with Gasteiger partial charge in [0, 0.05) is 13.7 Å². The minimum absolute atomic E-state index is 0.00158. The summed E-state index contributed by atoms with van der Waals surface area (Å²) in [6, 6.07) is 19.6. The van der Waals surface area contributed by atoms with Crippen molar-refractivity contribution in [2.24, 2.45) is 0 Å². The van der Waals surface area contributed by atoms with Gasteiger partial charge in [-0.2, -0.15) is 0 Å². The monoisotopic (exact) mass is 402 g/mol. The molecule has 0 aliphatic carbocycles. The summed E-state index contributed by atoms with van der Waals surface area (Å²) in [6.07, 6.45) is -1.43. The van der Waals surface area contributed by atoms with Crippen LogP contribution in [0.25, 0.3) is 0 Å². The summed E-state index contributed by atoms with van der Waals surface area (Å²) in [5, 5.41) is 20.4. The van der Waals surface area contributed by atoms with Crippen molar-refractivity contribution in [2.75, 3.05) is 20.3 Å². The first-order valence-electron chi connectivity index (χ1n) is 9.96. The van der Waals surface area contributed by atoms with E-state index in [1.165, 1.54) is 7.11 Å². The highest BCUT2D eigenvalue weighted by Gasteiger charge is 2.57. The topological polar surface area (TPSA) is 77.4 Å². The predicted molar refractivity (Wildman–Crippen MR) is 108 cm³/mol. The number of methoxy groups -OCH3 is 1. The Balaban J connectivity index is 1.73. The summed E-state index contributed by atoms with van der Waals surface area (Å²) in [5.41, 5.74) is 1.02. The number of hydrogen-bond acceptors (Lipinski definition) is 6. The molecule has 0 aromatic heterocycles. The largest absolute Gasteiger partial charge is 0.396 e. The van der Waals surface area contributed by atoms with Gasteiger partial charge in [0.25, 0.3) is 0 Å². The Hall–Kier alpha value is -1.80. The van der Waals surface area contributed by atoms with Gasteiger partial charge < -0.3 is 29.2 Å². The molecule has 1 aliphatic heterocycles. The molecule has 6 nitrogen and oxygen atoms in total.